The third-order valence-electron chi connectivity index (χ3n) is 5.60. The van der Waals surface area contributed by atoms with Crippen LogP contribution < -0.4 is 4.74 Å². The van der Waals surface area contributed by atoms with Gasteiger partial charge in [-0.25, -0.2) is 0 Å². The number of carbonyl (C=O) groups is 1. The molecule has 150 valence electrons. The highest BCUT2D eigenvalue weighted by atomic mass is 35.5. The van der Waals surface area contributed by atoms with E-state index < -0.39 is 0 Å². The van der Waals surface area contributed by atoms with Gasteiger partial charge in [0, 0.05) is 41.4 Å². The van der Waals surface area contributed by atoms with Crippen LogP contribution in [0.4, 0.5) is 0 Å². The highest BCUT2D eigenvalue weighted by Gasteiger charge is 2.26. The van der Waals surface area contributed by atoms with Crippen molar-refractivity contribution in [2.75, 3.05) is 13.2 Å². The van der Waals surface area contributed by atoms with Crippen molar-refractivity contribution in [3.8, 4) is 17.0 Å². The molecule has 4 rings (SSSR count). The van der Waals surface area contributed by atoms with Gasteiger partial charge in [0.25, 0.3) is 5.91 Å². The van der Waals surface area contributed by atoms with Gasteiger partial charge in [0.05, 0.1) is 5.69 Å². The molecule has 0 saturated carbocycles. The Balaban J connectivity index is 1.50. The van der Waals surface area contributed by atoms with Crippen molar-refractivity contribution in [2.45, 2.75) is 33.7 Å². The smallest absolute Gasteiger partial charge is 0.260 e. The van der Waals surface area contributed by atoms with Gasteiger partial charge in [-0.05, 0) is 49.6 Å². The molecular weight excluding hydrogens is 386 g/mol. The van der Waals surface area contributed by atoms with Crippen LogP contribution in [0.1, 0.15) is 27.9 Å². The van der Waals surface area contributed by atoms with Gasteiger partial charge in [0.15, 0.2) is 6.61 Å². The van der Waals surface area contributed by atoms with Crippen molar-refractivity contribution in [3.63, 3.8) is 0 Å². The van der Waals surface area contributed by atoms with Gasteiger partial charge in [0.2, 0.25) is 0 Å². The number of hydrogen-bond donors (Lipinski definition) is 1. The van der Waals surface area contributed by atoms with Gasteiger partial charge in [-0.15, -0.1) is 0 Å². The van der Waals surface area contributed by atoms with E-state index in [2.05, 4.69) is 16.3 Å². The Morgan fingerprint density at radius 1 is 1.21 bits per heavy atom. The summed E-state index contributed by atoms with van der Waals surface area (Å²) in [7, 11) is 0. The zero-order chi connectivity index (χ0) is 20.5. The Hall–Kier alpha value is -2.79. The zero-order valence-corrected chi connectivity index (χ0v) is 17.6. The molecule has 1 N–H and O–H groups in total. The van der Waals surface area contributed by atoms with Crippen molar-refractivity contribution < 1.29 is 9.53 Å². The van der Waals surface area contributed by atoms with Crippen LogP contribution in [0.3, 0.4) is 0 Å². The topological polar surface area (TPSA) is 58.2 Å². The Labute approximate surface area is 175 Å². The minimum absolute atomic E-state index is 0.0193. The van der Waals surface area contributed by atoms with Crippen LogP contribution in [0.2, 0.25) is 5.02 Å². The molecule has 0 fully saturated rings. The number of benzene rings is 2. The average Bonchev–Trinajstić information content (AvgIpc) is 3.14. The third kappa shape index (κ3) is 3.87. The van der Waals surface area contributed by atoms with E-state index in [1.165, 1.54) is 0 Å². The number of nitrogens with zero attached hydrogens (tertiary/aromatic N) is 2. The molecule has 1 aliphatic heterocycles. The lowest BCUT2D eigenvalue weighted by molar-refractivity contribution is -0.134. The van der Waals surface area contributed by atoms with Crippen LogP contribution in [0, 0.1) is 20.8 Å². The highest BCUT2D eigenvalue weighted by Crippen LogP contribution is 2.30. The fraction of sp³-hybridized carbons (Fsp3) is 0.304. The second-order valence-electron chi connectivity index (χ2n) is 7.55. The van der Waals surface area contributed by atoms with E-state index in [0.29, 0.717) is 18.1 Å². The second-order valence-corrected chi connectivity index (χ2v) is 7.98. The first-order valence-electron chi connectivity index (χ1n) is 9.73. The number of H-pyrrole nitrogens is 1. The number of aromatic amines is 1. The third-order valence-corrected chi connectivity index (χ3v) is 5.83. The fourth-order valence-corrected chi connectivity index (χ4v) is 3.95. The summed E-state index contributed by atoms with van der Waals surface area (Å²) >= 11 is 6.14. The summed E-state index contributed by atoms with van der Waals surface area (Å²) in [5.74, 6) is 0.785. The molecule has 3 aromatic rings. The highest BCUT2D eigenvalue weighted by molar-refractivity contribution is 6.30. The number of ether oxygens (including phenoxy) is 1. The first-order valence-corrected chi connectivity index (χ1v) is 10.1. The molecule has 2 heterocycles. The van der Waals surface area contributed by atoms with Crippen LogP contribution in [0.25, 0.3) is 11.3 Å². The maximum atomic E-state index is 12.9. The SMILES string of the molecule is Cc1ccc(C)c(OCC(=O)N2CCc3[nH]nc(-c4cccc(Cl)c4)c3C2)c1C. The van der Waals surface area contributed by atoms with Crippen LogP contribution >= 0.6 is 11.6 Å². The Bertz CT molecular complexity index is 1070. The van der Waals surface area contributed by atoms with Gasteiger partial charge in [-0.1, -0.05) is 35.9 Å². The van der Waals surface area contributed by atoms with E-state index in [1.807, 2.05) is 56.0 Å². The van der Waals surface area contributed by atoms with E-state index in [9.17, 15) is 4.79 Å². The molecule has 0 bridgehead atoms. The number of hydrogen-bond acceptors (Lipinski definition) is 3. The minimum Gasteiger partial charge on any atom is -0.483 e. The molecule has 0 aliphatic carbocycles. The number of rotatable bonds is 4. The summed E-state index contributed by atoms with van der Waals surface area (Å²) in [6.45, 7) is 7.27. The largest absolute Gasteiger partial charge is 0.483 e. The fourth-order valence-electron chi connectivity index (χ4n) is 3.76. The van der Waals surface area contributed by atoms with E-state index >= 15 is 0 Å². The van der Waals surface area contributed by atoms with Crippen molar-refractivity contribution in [2.24, 2.45) is 0 Å². The number of aromatic nitrogens is 2. The summed E-state index contributed by atoms with van der Waals surface area (Å²) in [5.41, 5.74) is 7.21. The van der Waals surface area contributed by atoms with Gasteiger partial charge in [-0.3, -0.25) is 9.89 Å². The first-order chi connectivity index (χ1) is 13.9. The Kier molecular flexibility index (Phi) is 5.33. The van der Waals surface area contributed by atoms with Crippen LogP contribution in [0.15, 0.2) is 36.4 Å². The van der Waals surface area contributed by atoms with E-state index in [0.717, 1.165) is 51.4 Å². The lowest BCUT2D eigenvalue weighted by Gasteiger charge is -2.27. The van der Waals surface area contributed by atoms with E-state index in [-0.39, 0.29) is 12.5 Å². The molecule has 1 amide bonds. The predicted molar refractivity (Wildman–Crippen MR) is 114 cm³/mol. The summed E-state index contributed by atoms with van der Waals surface area (Å²) in [5, 5.41) is 8.26. The number of halogens is 1. The van der Waals surface area contributed by atoms with Crippen molar-refractivity contribution in [1.82, 2.24) is 15.1 Å². The number of fused-ring (bicyclic) bond motifs is 1. The molecule has 0 unspecified atom stereocenters. The maximum absolute atomic E-state index is 12.9. The van der Waals surface area contributed by atoms with Crippen molar-refractivity contribution >= 4 is 17.5 Å². The first kappa shape index (κ1) is 19.5. The van der Waals surface area contributed by atoms with Gasteiger partial charge in [-0.2, -0.15) is 5.10 Å². The maximum Gasteiger partial charge on any atom is 0.260 e. The summed E-state index contributed by atoms with van der Waals surface area (Å²) in [6.07, 6.45) is 0.747. The lowest BCUT2D eigenvalue weighted by Crippen LogP contribution is -2.38. The van der Waals surface area contributed by atoms with Crippen molar-refractivity contribution in [3.05, 3.63) is 69.4 Å². The number of amides is 1. The standard InChI is InChI=1S/C23H24ClN3O2/c1-14-7-8-15(2)23(16(14)3)29-13-21(28)27-10-9-20-19(12-27)22(26-25-20)17-5-4-6-18(24)11-17/h4-8,11H,9-10,12-13H2,1-3H3,(H,25,26). The molecule has 6 heteroatoms. The lowest BCUT2D eigenvalue weighted by atomic mass is 10.0. The Morgan fingerprint density at radius 2 is 2.00 bits per heavy atom. The summed E-state index contributed by atoms with van der Waals surface area (Å²) < 4.78 is 5.93. The zero-order valence-electron chi connectivity index (χ0n) is 16.9. The number of nitrogens with one attached hydrogen (secondary N) is 1. The van der Waals surface area contributed by atoms with Gasteiger partial charge >= 0.3 is 0 Å². The van der Waals surface area contributed by atoms with Crippen LogP contribution in [-0.4, -0.2) is 34.2 Å². The molecule has 0 radical (unpaired) electrons. The van der Waals surface area contributed by atoms with E-state index in [1.54, 1.807) is 0 Å². The molecule has 1 aromatic heterocycles. The molecule has 0 atom stereocenters. The van der Waals surface area contributed by atoms with Gasteiger partial charge in [0.1, 0.15) is 5.75 Å². The molecule has 29 heavy (non-hydrogen) atoms. The van der Waals surface area contributed by atoms with E-state index in [4.69, 9.17) is 16.3 Å². The van der Waals surface area contributed by atoms with Crippen molar-refractivity contribution in [1.29, 1.82) is 0 Å². The molecule has 0 spiro atoms. The molecule has 1 aliphatic rings. The normalized spacial score (nSPS) is 13.3. The number of aryl methyl sites for hydroxylation is 2. The quantitative estimate of drug-likeness (QED) is 0.684. The predicted octanol–water partition coefficient (Wildman–Crippen LogP) is 4.62. The molecule has 0 saturated heterocycles. The number of carbonyl (C=O) groups excluding carboxylic acids is 1. The minimum atomic E-state index is -0.0193. The summed E-state index contributed by atoms with van der Waals surface area (Å²) in [6, 6.07) is 11.7. The summed E-state index contributed by atoms with van der Waals surface area (Å²) in [4.78, 5) is 14.7. The van der Waals surface area contributed by atoms with Gasteiger partial charge < -0.3 is 9.64 Å². The Morgan fingerprint density at radius 3 is 2.79 bits per heavy atom. The van der Waals surface area contributed by atoms with Crippen LogP contribution in [0.5, 0.6) is 5.75 Å². The monoisotopic (exact) mass is 409 g/mol. The molecule has 2 aromatic carbocycles. The average molecular weight is 410 g/mol. The molecular formula is C23H24ClN3O2. The molecule has 5 nitrogen and oxygen atoms in total. The second kappa shape index (κ2) is 7.91. The van der Waals surface area contributed by atoms with Crippen LogP contribution in [-0.2, 0) is 17.8 Å².